The maximum absolute atomic E-state index is 14.9. The van der Waals surface area contributed by atoms with Crippen molar-refractivity contribution >= 4 is 21.7 Å². The molecule has 44 heavy (non-hydrogen) atoms. The highest BCUT2D eigenvalue weighted by Crippen LogP contribution is 2.44. The van der Waals surface area contributed by atoms with Crippen LogP contribution in [0.1, 0.15) is 31.4 Å². The predicted octanol–water partition coefficient (Wildman–Crippen LogP) is 5.91. The van der Waals surface area contributed by atoms with Crippen molar-refractivity contribution in [2.45, 2.75) is 37.8 Å². The number of nitrogens with one attached hydrogen (secondary N) is 1. The molecule has 4 aromatic rings. The Kier molecular flexibility index (Phi) is 9.11. The van der Waals surface area contributed by atoms with Gasteiger partial charge in [0.1, 0.15) is 16.2 Å². The van der Waals surface area contributed by atoms with Crippen LogP contribution in [0, 0.1) is 5.92 Å². The number of aromatic nitrogens is 4. The van der Waals surface area contributed by atoms with E-state index in [1.165, 1.54) is 24.0 Å². The Morgan fingerprint density at radius 2 is 1.75 bits per heavy atom. The lowest BCUT2D eigenvalue weighted by Gasteiger charge is -2.28. The number of alkyl halides is 3. The summed E-state index contributed by atoms with van der Waals surface area (Å²) in [4.78, 5) is 9.99. The van der Waals surface area contributed by atoms with Gasteiger partial charge in [-0.25, -0.2) is 18.1 Å². The van der Waals surface area contributed by atoms with E-state index in [1.807, 2.05) is 13.8 Å². The molecule has 234 valence electrons. The number of nitrogens with zero attached hydrogens (tertiary/aromatic N) is 5. The second-order valence-electron chi connectivity index (χ2n) is 10.8. The lowest BCUT2D eigenvalue weighted by atomic mass is 9.95. The van der Waals surface area contributed by atoms with Gasteiger partial charge in [-0.05, 0) is 48.6 Å². The number of halogens is 3. The molecule has 0 bridgehead atoms. The summed E-state index contributed by atoms with van der Waals surface area (Å²) in [6.45, 7) is 6.57. The molecule has 0 saturated carbocycles. The third-order valence-electron chi connectivity index (χ3n) is 7.07. The van der Waals surface area contributed by atoms with Gasteiger partial charge in [0.25, 0.3) is 10.0 Å². The Balaban J connectivity index is 1.62. The lowest BCUT2D eigenvalue weighted by Crippen LogP contribution is -2.36. The molecule has 1 saturated heterocycles. The number of anilines is 2. The normalized spacial score (nSPS) is 14.2. The van der Waals surface area contributed by atoms with Gasteiger partial charge in [-0.2, -0.15) is 23.3 Å². The number of ether oxygens (including phenoxy) is 2. The van der Waals surface area contributed by atoms with Crippen molar-refractivity contribution in [2.24, 2.45) is 13.0 Å². The summed E-state index contributed by atoms with van der Waals surface area (Å²) in [5.41, 5.74) is 0.000302. The highest BCUT2D eigenvalue weighted by Gasteiger charge is 2.41. The Bertz CT molecular complexity index is 1700. The van der Waals surface area contributed by atoms with Crippen LogP contribution in [0.4, 0.5) is 24.8 Å². The fraction of sp³-hybridized carbons (Fsp3) is 0.367. The third-order valence-corrected chi connectivity index (χ3v) is 8.35. The van der Waals surface area contributed by atoms with E-state index >= 15 is 0 Å². The van der Waals surface area contributed by atoms with Gasteiger partial charge in [-0.3, -0.25) is 4.68 Å². The summed E-state index contributed by atoms with van der Waals surface area (Å²) < 4.78 is 85.5. The van der Waals surface area contributed by atoms with Crippen molar-refractivity contribution in [3.63, 3.8) is 0 Å². The summed E-state index contributed by atoms with van der Waals surface area (Å²) in [6.07, 6.45) is -1.36. The maximum atomic E-state index is 14.9. The summed E-state index contributed by atoms with van der Waals surface area (Å²) in [5, 5.41) is 3.87. The van der Waals surface area contributed by atoms with Crippen LogP contribution in [0.2, 0.25) is 0 Å². The average molecular weight is 631 g/mol. The molecular formula is C30H33F3N6O4S. The van der Waals surface area contributed by atoms with Gasteiger partial charge >= 0.3 is 6.18 Å². The van der Waals surface area contributed by atoms with Gasteiger partial charge in [0.05, 0.1) is 25.1 Å². The van der Waals surface area contributed by atoms with Crippen molar-refractivity contribution in [2.75, 3.05) is 35.9 Å². The zero-order valence-corrected chi connectivity index (χ0v) is 25.3. The molecule has 0 amide bonds. The van der Waals surface area contributed by atoms with E-state index in [1.54, 1.807) is 42.5 Å². The minimum atomic E-state index is -4.94. The van der Waals surface area contributed by atoms with Crippen LogP contribution in [-0.2, 0) is 34.4 Å². The number of aryl methyl sites for hydroxylation is 2. The third kappa shape index (κ3) is 7.30. The number of morpholine rings is 1. The fourth-order valence-electron chi connectivity index (χ4n) is 4.80. The first-order valence-electron chi connectivity index (χ1n) is 14.1. The van der Waals surface area contributed by atoms with E-state index in [-0.39, 0.29) is 16.2 Å². The Hall–Kier alpha value is -4.17. The van der Waals surface area contributed by atoms with Crippen molar-refractivity contribution in [3.05, 3.63) is 72.1 Å². The molecule has 1 aliphatic heterocycles. The Morgan fingerprint density at radius 3 is 2.39 bits per heavy atom. The molecule has 14 heteroatoms. The monoisotopic (exact) mass is 630 g/mol. The quantitative estimate of drug-likeness (QED) is 0.230. The first-order valence-corrected chi connectivity index (χ1v) is 15.6. The number of hydrogen-bond acceptors (Lipinski definition) is 8. The van der Waals surface area contributed by atoms with Crippen molar-refractivity contribution in [1.82, 2.24) is 19.7 Å². The second-order valence-corrected chi connectivity index (χ2v) is 12.5. The molecule has 0 unspecified atom stereocenters. The van der Waals surface area contributed by atoms with Crippen LogP contribution in [0.15, 0.2) is 65.8 Å². The first-order chi connectivity index (χ1) is 20.9. The molecular weight excluding hydrogens is 597 g/mol. The van der Waals surface area contributed by atoms with Crippen molar-refractivity contribution in [1.29, 1.82) is 0 Å². The first kappa shape index (κ1) is 31.3. The Morgan fingerprint density at radius 1 is 1.05 bits per heavy atom. The van der Waals surface area contributed by atoms with Gasteiger partial charge in [0.2, 0.25) is 11.8 Å². The van der Waals surface area contributed by atoms with E-state index in [4.69, 9.17) is 9.47 Å². The molecule has 1 fully saturated rings. The van der Waals surface area contributed by atoms with Gasteiger partial charge in [-0.15, -0.1) is 0 Å². The van der Waals surface area contributed by atoms with Crippen LogP contribution < -0.4 is 14.4 Å². The summed E-state index contributed by atoms with van der Waals surface area (Å²) >= 11 is 0. The van der Waals surface area contributed by atoms with Crippen LogP contribution >= 0.6 is 0 Å². The molecule has 0 atom stereocenters. The number of benzene rings is 2. The highest BCUT2D eigenvalue weighted by molar-refractivity contribution is 7.92. The number of hydrogen-bond donors (Lipinski definition) is 1. The SMILES string of the molecule is CC(C)CCc1ccccc1-c1nc(NS(=O)(=O)c2cnn(C)c2)nc(Oc2ccc(N3CCOCC3)cc2)c1C(F)(F)F. The molecule has 1 N–H and O–H groups in total. The highest BCUT2D eigenvalue weighted by atomic mass is 32.2. The standard InChI is InChI=1S/C30H33F3N6O4S/c1-20(2)8-9-21-6-4-5-7-25(21)27-26(30(31,32)33)28(36-29(35-27)37-44(40,41)24-18-34-38(3)19-24)43-23-12-10-22(11-13-23)39-14-16-42-17-15-39/h4-7,10-13,18-20H,8-9,14-17H2,1-3H3,(H,35,36,37). The number of sulfonamides is 1. The predicted molar refractivity (Wildman–Crippen MR) is 159 cm³/mol. The largest absolute Gasteiger partial charge is 0.438 e. The fourth-order valence-corrected chi connectivity index (χ4v) is 5.73. The minimum absolute atomic E-state index is 0.0892. The summed E-state index contributed by atoms with van der Waals surface area (Å²) in [5.74, 6) is -1.01. The topological polar surface area (TPSA) is 111 Å². The van der Waals surface area contributed by atoms with Crippen LogP contribution in [0.25, 0.3) is 11.3 Å². The molecule has 3 heterocycles. The molecule has 0 spiro atoms. The summed E-state index contributed by atoms with van der Waals surface area (Å²) in [6, 6.07) is 13.2. The maximum Gasteiger partial charge on any atom is 0.423 e. The van der Waals surface area contributed by atoms with E-state index in [9.17, 15) is 21.6 Å². The van der Waals surface area contributed by atoms with Crippen molar-refractivity contribution < 1.29 is 31.1 Å². The molecule has 1 aliphatic rings. The van der Waals surface area contributed by atoms with Crippen molar-refractivity contribution in [3.8, 4) is 22.9 Å². The average Bonchev–Trinajstić information content (AvgIpc) is 3.43. The van der Waals surface area contributed by atoms with Crippen LogP contribution in [-0.4, -0.2) is 54.5 Å². The zero-order chi connectivity index (χ0) is 31.5. The Labute approximate surface area is 253 Å². The van der Waals surface area contributed by atoms with E-state index in [2.05, 4.69) is 24.7 Å². The molecule has 0 aliphatic carbocycles. The number of rotatable bonds is 10. The minimum Gasteiger partial charge on any atom is -0.438 e. The second kappa shape index (κ2) is 12.8. The molecule has 5 rings (SSSR count). The molecule has 0 radical (unpaired) electrons. The van der Waals surface area contributed by atoms with Gasteiger partial charge in [0, 0.05) is 37.6 Å². The molecule has 2 aromatic heterocycles. The molecule has 10 nitrogen and oxygen atoms in total. The van der Waals surface area contributed by atoms with Crippen LogP contribution in [0.3, 0.4) is 0 Å². The van der Waals surface area contributed by atoms with E-state index in [0.717, 1.165) is 18.3 Å². The van der Waals surface area contributed by atoms with E-state index < -0.39 is 39.3 Å². The van der Waals surface area contributed by atoms with Gasteiger partial charge in [0.15, 0.2) is 0 Å². The lowest BCUT2D eigenvalue weighted by molar-refractivity contribution is -0.138. The molecule has 2 aromatic carbocycles. The van der Waals surface area contributed by atoms with Crippen LogP contribution in [0.5, 0.6) is 11.6 Å². The van der Waals surface area contributed by atoms with Gasteiger partial charge in [-0.1, -0.05) is 38.1 Å². The smallest absolute Gasteiger partial charge is 0.423 e. The zero-order valence-electron chi connectivity index (χ0n) is 24.5. The van der Waals surface area contributed by atoms with Gasteiger partial charge < -0.3 is 14.4 Å². The van der Waals surface area contributed by atoms with E-state index in [0.29, 0.717) is 44.2 Å². The summed E-state index contributed by atoms with van der Waals surface area (Å²) in [7, 11) is -2.75.